The third kappa shape index (κ3) is 3.72. The summed E-state index contributed by atoms with van der Waals surface area (Å²) in [6, 6.07) is 1.34. The van der Waals surface area contributed by atoms with E-state index in [-0.39, 0.29) is 0 Å². The zero-order chi connectivity index (χ0) is 11.4. The smallest absolute Gasteiger partial charge is 0.0593 e. The third-order valence-corrected chi connectivity index (χ3v) is 3.85. The molecule has 2 fully saturated rings. The van der Waals surface area contributed by atoms with Crippen LogP contribution in [0.25, 0.3) is 0 Å². The van der Waals surface area contributed by atoms with Crippen LogP contribution in [0.2, 0.25) is 0 Å². The van der Waals surface area contributed by atoms with E-state index in [2.05, 4.69) is 24.1 Å². The minimum absolute atomic E-state index is 0.660. The van der Waals surface area contributed by atoms with E-state index in [1.54, 1.807) is 0 Å². The van der Waals surface area contributed by atoms with Gasteiger partial charge in [0.1, 0.15) is 0 Å². The lowest BCUT2D eigenvalue weighted by Crippen LogP contribution is -2.55. The summed E-state index contributed by atoms with van der Waals surface area (Å²) in [6.07, 6.45) is 4.01. The lowest BCUT2D eigenvalue weighted by atomic mass is 10.1. The molecule has 1 N–H and O–H groups in total. The first kappa shape index (κ1) is 12.3. The highest BCUT2D eigenvalue weighted by Crippen LogP contribution is 2.28. The maximum Gasteiger partial charge on any atom is 0.0593 e. The van der Waals surface area contributed by atoms with Crippen molar-refractivity contribution in [1.82, 2.24) is 10.2 Å². The van der Waals surface area contributed by atoms with Crippen molar-refractivity contribution in [3.63, 3.8) is 0 Å². The van der Waals surface area contributed by atoms with E-state index in [9.17, 15) is 0 Å². The molecule has 94 valence electrons. The molecule has 0 bridgehead atoms. The van der Waals surface area contributed by atoms with E-state index in [4.69, 9.17) is 4.74 Å². The second-order valence-electron chi connectivity index (χ2n) is 5.38. The van der Waals surface area contributed by atoms with E-state index in [1.165, 1.54) is 25.8 Å². The Morgan fingerprint density at radius 1 is 1.38 bits per heavy atom. The molecule has 1 heterocycles. The van der Waals surface area contributed by atoms with Crippen LogP contribution in [0.1, 0.15) is 33.1 Å². The molecule has 2 atom stereocenters. The summed E-state index contributed by atoms with van der Waals surface area (Å²) in [4.78, 5) is 2.57. The number of piperazine rings is 1. The zero-order valence-electron chi connectivity index (χ0n) is 10.7. The van der Waals surface area contributed by atoms with Gasteiger partial charge in [-0.2, -0.15) is 0 Å². The Kier molecular flexibility index (Phi) is 4.62. The van der Waals surface area contributed by atoms with E-state index < -0.39 is 0 Å². The van der Waals surface area contributed by atoms with E-state index >= 15 is 0 Å². The fourth-order valence-electron chi connectivity index (χ4n) is 2.30. The number of nitrogens with one attached hydrogen (secondary N) is 1. The molecule has 3 nitrogen and oxygen atoms in total. The Hall–Kier alpha value is -0.120. The summed E-state index contributed by atoms with van der Waals surface area (Å²) in [7, 11) is 0. The fourth-order valence-corrected chi connectivity index (χ4v) is 2.30. The van der Waals surface area contributed by atoms with Crippen molar-refractivity contribution in [1.29, 1.82) is 0 Å². The SMILES string of the molecule is CCC1CN(CCOCC2CC2)C(C)CN1. The van der Waals surface area contributed by atoms with Crippen LogP contribution in [-0.2, 0) is 4.74 Å². The van der Waals surface area contributed by atoms with Crippen LogP contribution in [0.15, 0.2) is 0 Å². The normalized spacial score (nSPS) is 31.9. The van der Waals surface area contributed by atoms with E-state index in [0.29, 0.717) is 12.1 Å². The Morgan fingerprint density at radius 3 is 2.88 bits per heavy atom. The van der Waals surface area contributed by atoms with E-state index in [1.807, 2.05) is 0 Å². The number of nitrogens with zero attached hydrogens (tertiary/aromatic N) is 1. The van der Waals surface area contributed by atoms with Crippen molar-refractivity contribution >= 4 is 0 Å². The molecule has 0 amide bonds. The molecule has 0 aromatic carbocycles. The van der Waals surface area contributed by atoms with Gasteiger partial charge in [0, 0.05) is 38.3 Å². The number of ether oxygens (including phenoxy) is 1. The molecule has 2 rings (SSSR count). The highest BCUT2D eigenvalue weighted by atomic mass is 16.5. The van der Waals surface area contributed by atoms with Gasteiger partial charge in [0.2, 0.25) is 0 Å². The molecule has 2 aliphatic rings. The molecule has 0 radical (unpaired) electrons. The first-order valence-corrected chi connectivity index (χ1v) is 6.84. The Morgan fingerprint density at radius 2 is 2.19 bits per heavy atom. The zero-order valence-corrected chi connectivity index (χ0v) is 10.7. The molecule has 1 saturated carbocycles. The van der Waals surface area contributed by atoms with Gasteiger partial charge in [-0.1, -0.05) is 6.92 Å². The van der Waals surface area contributed by atoms with Gasteiger partial charge in [-0.25, -0.2) is 0 Å². The second-order valence-corrected chi connectivity index (χ2v) is 5.38. The molecular weight excluding hydrogens is 200 g/mol. The molecule has 16 heavy (non-hydrogen) atoms. The summed E-state index contributed by atoms with van der Waals surface area (Å²) in [5.41, 5.74) is 0. The van der Waals surface area contributed by atoms with Crippen LogP contribution in [0.3, 0.4) is 0 Å². The maximum atomic E-state index is 5.72. The topological polar surface area (TPSA) is 24.5 Å². The van der Waals surface area contributed by atoms with Crippen LogP contribution >= 0.6 is 0 Å². The summed E-state index contributed by atoms with van der Waals surface area (Å²) in [5.74, 6) is 0.892. The molecule has 0 aromatic heterocycles. The maximum absolute atomic E-state index is 5.72. The molecule has 1 aliphatic heterocycles. The van der Waals surface area contributed by atoms with Gasteiger partial charge in [0.25, 0.3) is 0 Å². The standard InChI is InChI=1S/C13H26N2O/c1-3-13-9-15(11(2)8-14-13)6-7-16-10-12-4-5-12/h11-14H,3-10H2,1-2H3. The average molecular weight is 226 g/mol. The molecule has 2 unspecified atom stereocenters. The van der Waals surface area contributed by atoms with Gasteiger partial charge < -0.3 is 10.1 Å². The van der Waals surface area contributed by atoms with Crippen molar-refractivity contribution in [2.75, 3.05) is 32.8 Å². The Balaban J connectivity index is 1.61. The molecule has 1 aliphatic carbocycles. The van der Waals surface area contributed by atoms with Crippen molar-refractivity contribution < 1.29 is 4.74 Å². The molecule has 3 heteroatoms. The first-order chi connectivity index (χ1) is 7.79. The van der Waals surface area contributed by atoms with Crippen LogP contribution in [0.5, 0.6) is 0 Å². The largest absolute Gasteiger partial charge is 0.380 e. The number of rotatable bonds is 6. The van der Waals surface area contributed by atoms with Gasteiger partial charge in [0.05, 0.1) is 6.61 Å². The minimum Gasteiger partial charge on any atom is -0.380 e. The first-order valence-electron chi connectivity index (χ1n) is 6.84. The summed E-state index contributed by atoms with van der Waals surface area (Å²) < 4.78 is 5.72. The van der Waals surface area contributed by atoms with Crippen LogP contribution in [-0.4, -0.2) is 49.8 Å². The highest BCUT2D eigenvalue weighted by Gasteiger charge is 2.24. The van der Waals surface area contributed by atoms with Crippen molar-refractivity contribution in [2.45, 2.75) is 45.2 Å². The van der Waals surface area contributed by atoms with Gasteiger partial charge in [-0.3, -0.25) is 4.90 Å². The lowest BCUT2D eigenvalue weighted by molar-refractivity contribution is 0.0654. The molecule has 1 saturated heterocycles. The number of hydrogen-bond acceptors (Lipinski definition) is 3. The number of hydrogen-bond donors (Lipinski definition) is 1. The predicted molar refractivity (Wildman–Crippen MR) is 66.7 cm³/mol. The molecule has 0 spiro atoms. The fraction of sp³-hybridized carbons (Fsp3) is 1.00. The summed E-state index contributed by atoms with van der Waals surface area (Å²) in [6.45, 7) is 9.89. The van der Waals surface area contributed by atoms with Gasteiger partial charge in [-0.15, -0.1) is 0 Å². The highest BCUT2D eigenvalue weighted by molar-refractivity contribution is 4.82. The quantitative estimate of drug-likeness (QED) is 0.694. The summed E-state index contributed by atoms with van der Waals surface area (Å²) >= 11 is 0. The van der Waals surface area contributed by atoms with Crippen molar-refractivity contribution in [3.05, 3.63) is 0 Å². The average Bonchev–Trinajstić information content (AvgIpc) is 3.10. The van der Waals surface area contributed by atoms with Crippen molar-refractivity contribution in [3.8, 4) is 0 Å². The Labute approximate surface area is 99.5 Å². The molecular formula is C13H26N2O. The third-order valence-electron chi connectivity index (χ3n) is 3.85. The monoisotopic (exact) mass is 226 g/mol. The van der Waals surface area contributed by atoms with Crippen LogP contribution in [0, 0.1) is 5.92 Å². The predicted octanol–water partition coefficient (Wildman–Crippen LogP) is 1.49. The van der Waals surface area contributed by atoms with E-state index in [0.717, 1.165) is 32.2 Å². The Bertz CT molecular complexity index is 206. The van der Waals surface area contributed by atoms with Crippen LogP contribution in [0.4, 0.5) is 0 Å². The summed E-state index contributed by atoms with van der Waals surface area (Å²) in [5, 5.41) is 3.58. The van der Waals surface area contributed by atoms with Crippen LogP contribution < -0.4 is 5.32 Å². The van der Waals surface area contributed by atoms with Crippen molar-refractivity contribution in [2.24, 2.45) is 5.92 Å². The minimum atomic E-state index is 0.660. The van der Waals surface area contributed by atoms with Gasteiger partial charge in [-0.05, 0) is 32.1 Å². The second kappa shape index (κ2) is 5.99. The lowest BCUT2D eigenvalue weighted by Gasteiger charge is -2.38. The molecule has 0 aromatic rings. The van der Waals surface area contributed by atoms with Gasteiger partial charge >= 0.3 is 0 Å². The van der Waals surface area contributed by atoms with Gasteiger partial charge in [0.15, 0.2) is 0 Å².